The molecule has 0 unspecified atom stereocenters. The van der Waals surface area contributed by atoms with E-state index >= 15 is 0 Å². The van der Waals surface area contributed by atoms with Gasteiger partial charge in [-0.2, -0.15) is 0 Å². The van der Waals surface area contributed by atoms with Crippen molar-refractivity contribution in [3.05, 3.63) is 59.7 Å². The van der Waals surface area contributed by atoms with Gasteiger partial charge in [-0.25, -0.2) is 13.6 Å². The minimum Gasteiger partial charge on any atom is -0.325 e. The van der Waals surface area contributed by atoms with Gasteiger partial charge >= 0.3 is 0 Å². The maximum absolute atomic E-state index is 12.6. The first-order valence-electron chi connectivity index (χ1n) is 10.3. The summed E-state index contributed by atoms with van der Waals surface area (Å²) in [6.07, 6.45) is 1.04. The Kier molecular flexibility index (Phi) is 8.18. The summed E-state index contributed by atoms with van der Waals surface area (Å²) in [5.41, 5.74) is 2.97. The molecule has 1 amide bonds. The molecule has 2 atom stereocenters. The molecule has 2 rings (SSSR count). The van der Waals surface area contributed by atoms with Crippen molar-refractivity contribution in [3.8, 4) is 0 Å². The zero-order valence-corrected chi connectivity index (χ0v) is 19.2. The van der Waals surface area contributed by atoms with Crippen molar-refractivity contribution in [2.75, 3.05) is 5.32 Å². The monoisotopic (exact) mass is 431 g/mol. The summed E-state index contributed by atoms with van der Waals surface area (Å²) in [5, 5.41) is 11.3. The fraction of sp³-hybridized carbons (Fsp3) is 0.435. The minimum atomic E-state index is -3.76. The predicted molar refractivity (Wildman–Crippen MR) is 122 cm³/mol. The number of carbonyl (C=O) groups excluding carboxylic acids is 1. The van der Waals surface area contributed by atoms with Crippen LogP contribution in [-0.2, 0) is 21.2 Å². The molecule has 164 valence electrons. The van der Waals surface area contributed by atoms with Crippen LogP contribution in [0.4, 0.5) is 5.69 Å². The highest BCUT2D eigenvalue weighted by atomic mass is 32.2. The van der Waals surface area contributed by atoms with Gasteiger partial charge < -0.3 is 5.32 Å². The second-order valence-electron chi connectivity index (χ2n) is 8.51. The maximum Gasteiger partial charge on any atom is 0.241 e. The topological polar surface area (TPSA) is 101 Å². The molecule has 0 aliphatic rings. The fourth-order valence-corrected chi connectivity index (χ4v) is 3.84. The molecule has 6 nitrogen and oxygen atoms in total. The van der Waals surface area contributed by atoms with E-state index in [0.29, 0.717) is 17.5 Å². The van der Waals surface area contributed by atoms with Crippen molar-refractivity contribution in [1.82, 2.24) is 5.32 Å². The molecule has 30 heavy (non-hydrogen) atoms. The molecule has 7 heteroatoms. The molecule has 0 aliphatic carbocycles. The first-order chi connectivity index (χ1) is 14.0. The smallest absolute Gasteiger partial charge is 0.241 e. The van der Waals surface area contributed by atoms with Gasteiger partial charge in [0.05, 0.1) is 10.9 Å². The second kappa shape index (κ2) is 10.2. The number of primary sulfonamides is 1. The van der Waals surface area contributed by atoms with Crippen LogP contribution in [0.1, 0.15) is 51.8 Å². The highest BCUT2D eigenvalue weighted by molar-refractivity contribution is 7.89. The third-order valence-electron chi connectivity index (χ3n) is 4.92. The number of nitrogens with two attached hydrogens (primary N) is 1. The number of benzene rings is 2. The van der Waals surface area contributed by atoms with E-state index in [9.17, 15) is 13.2 Å². The summed E-state index contributed by atoms with van der Waals surface area (Å²) in [4.78, 5) is 12.6. The maximum atomic E-state index is 12.6. The number of amides is 1. The number of carbonyl (C=O) groups is 1. The normalized spacial score (nSPS) is 14.0. The highest BCUT2D eigenvalue weighted by Gasteiger charge is 2.22. The van der Waals surface area contributed by atoms with Gasteiger partial charge in [0.2, 0.25) is 15.9 Å². The van der Waals surface area contributed by atoms with E-state index in [1.807, 2.05) is 6.92 Å². The number of nitrogens with one attached hydrogen (secondary N) is 2. The highest BCUT2D eigenvalue weighted by Crippen LogP contribution is 2.24. The van der Waals surface area contributed by atoms with Gasteiger partial charge in [-0.3, -0.25) is 10.1 Å². The van der Waals surface area contributed by atoms with E-state index in [0.717, 1.165) is 12.0 Å². The molecule has 0 aliphatic heterocycles. The first-order valence-corrected chi connectivity index (χ1v) is 11.8. The predicted octanol–water partition coefficient (Wildman–Crippen LogP) is 3.85. The largest absolute Gasteiger partial charge is 0.325 e. The van der Waals surface area contributed by atoms with Gasteiger partial charge in [0.25, 0.3) is 0 Å². The third kappa shape index (κ3) is 6.93. The summed E-state index contributed by atoms with van der Waals surface area (Å²) in [5.74, 6) is 0.711. The Morgan fingerprint density at radius 2 is 1.50 bits per heavy atom. The van der Waals surface area contributed by atoms with Gasteiger partial charge in [0.1, 0.15) is 0 Å². The summed E-state index contributed by atoms with van der Waals surface area (Å²) in [7, 11) is -3.76. The van der Waals surface area contributed by atoms with Crippen LogP contribution in [-0.4, -0.2) is 20.4 Å². The lowest BCUT2D eigenvalue weighted by atomic mass is 9.93. The van der Waals surface area contributed by atoms with Crippen LogP contribution in [0.3, 0.4) is 0 Å². The van der Waals surface area contributed by atoms with Gasteiger partial charge in [0, 0.05) is 11.7 Å². The number of anilines is 1. The van der Waals surface area contributed by atoms with E-state index in [2.05, 4.69) is 62.6 Å². The Hall–Kier alpha value is -2.22. The number of hydrogen-bond acceptors (Lipinski definition) is 4. The van der Waals surface area contributed by atoms with Crippen LogP contribution in [0.25, 0.3) is 0 Å². The number of rotatable bonds is 9. The van der Waals surface area contributed by atoms with Crippen molar-refractivity contribution in [1.29, 1.82) is 0 Å². The third-order valence-corrected chi connectivity index (χ3v) is 5.85. The van der Waals surface area contributed by atoms with Crippen molar-refractivity contribution in [3.63, 3.8) is 0 Å². The molecule has 0 spiro atoms. The Balaban J connectivity index is 2.05. The molecule has 0 saturated carbocycles. The van der Waals surface area contributed by atoms with Gasteiger partial charge in [0.15, 0.2) is 0 Å². The Labute approximate surface area is 180 Å². The summed E-state index contributed by atoms with van der Waals surface area (Å²) in [6.45, 7) is 10.5. The molecule has 2 aromatic carbocycles. The molecular weight excluding hydrogens is 398 g/mol. The van der Waals surface area contributed by atoms with E-state index < -0.39 is 16.1 Å². The average Bonchev–Trinajstić information content (AvgIpc) is 2.65. The Bertz CT molecular complexity index is 937. The van der Waals surface area contributed by atoms with E-state index in [4.69, 9.17) is 5.14 Å². The molecule has 0 heterocycles. The fourth-order valence-electron chi connectivity index (χ4n) is 3.33. The summed E-state index contributed by atoms with van der Waals surface area (Å²) < 4.78 is 22.7. The van der Waals surface area contributed by atoms with Crippen molar-refractivity contribution in [2.45, 2.75) is 58.0 Å². The van der Waals surface area contributed by atoms with Crippen LogP contribution >= 0.6 is 0 Å². The minimum absolute atomic E-state index is 0.00691. The van der Waals surface area contributed by atoms with Crippen molar-refractivity contribution >= 4 is 21.6 Å². The van der Waals surface area contributed by atoms with Crippen molar-refractivity contribution < 1.29 is 13.2 Å². The lowest BCUT2D eigenvalue weighted by Gasteiger charge is -2.27. The van der Waals surface area contributed by atoms with E-state index in [1.54, 1.807) is 0 Å². The quantitative estimate of drug-likeness (QED) is 0.561. The van der Waals surface area contributed by atoms with E-state index in [-0.39, 0.29) is 16.8 Å². The van der Waals surface area contributed by atoms with Crippen LogP contribution in [0.15, 0.2) is 53.4 Å². The molecule has 0 fully saturated rings. The number of sulfonamides is 1. The van der Waals surface area contributed by atoms with E-state index in [1.165, 1.54) is 29.8 Å². The Morgan fingerprint density at radius 3 is 1.97 bits per heavy atom. The molecule has 0 bridgehead atoms. The van der Waals surface area contributed by atoms with Gasteiger partial charge in [-0.15, -0.1) is 0 Å². The average molecular weight is 432 g/mol. The molecule has 4 N–H and O–H groups in total. The van der Waals surface area contributed by atoms with Gasteiger partial charge in [-0.05, 0) is 60.6 Å². The summed E-state index contributed by atoms with van der Waals surface area (Å²) in [6, 6.07) is 14.0. The van der Waals surface area contributed by atoms with Crippen LogP contribution in [0, 0.1) is 11.8 Å². The summed E-state index contributed by atoms with van der Waals surface area (Å²) >= 11 is 0. The number of hydrogen-bond donors (Lipinski definition) is 3. The molecule has 0 radical (unpaired) electrons. The zero-order chi connectivity index (χ0) is 22.5. The standard InChI is InChI=1S/C23H33N3O3S/c1-15(2)14-18-6-8-19(9-7-18)22(16(3)4)25-17(5)23(27)26-20-10-12-21(13-11-20)30(24,28)29/h6-13,15-17,22,25H,14H2,1-5H3,(H,26,27)(H2,24,28,29)/t17-,22+/m1/s1. The first kappa shape index (κ1) is 24.1. The molecule has 0 aromatic heterocycles. The lowest BCUT2D eigenvalue weighted by Crippen LogP contribution is -2.41. The molecule has 2 aromatic rings. The zero-order valence-electron chi connectivity index (χ0n) is 18.3. The van der Waals surface area contributed by atoms with Crippen LogP contribution < -0.4 is 15.8 Å². The molecular formula is C23H33N3O3S. The van der Waals surface area contributed by atoms with Gasteiger partial charge in [-0.1, -0.05) is 52.0 Å². The SMILES string of the molecule is CC(C)Cc1ccc([C@@H](N[C@H](C)C(=O)Nc2ccc(S(N)(=O)=O)cc2)C(C)C)cc1. The van der Waals surface area contributed by atoms with Crippen LogP contribution in [0.5, 0.6) is 0 Å². The molecule has 0 saturated heterocycles. The van der Waals surface area contributed by atoms with Crippen molar-refractivity contribution in [2.24, 2.45) is 17.0 Å². The Morgan fingerprint density at radius 1 is 0.933 bits per heavy atom. The van der Waals surface area contributed by atoms with Crippen LogP contribution in [0.2, 0.25) is 0 Å². The lowest BCUT2D eigenvalue weighted by molar-refractivity contribution is -0.118. The second-order valence-corrected chi connectivity index (χ2v) is 10.1.